The summed E-state index contributed by atoms with van der Waals surface area (Å²) in [5.74, 6) is 0. The van der Waals surface area contributed by atoms with Gasteiger partial charge in [0, 0.05) is 6.07 Å². The summed E-state index contributed by atoms with van der Waals surface area (Å²) in [6, 6.07) is 2.18. The molecule has 0 aliphatic heterocycles. The van der Waals surface area contributed by atoms with E-state index in [0.29, 0.717) is 6.07 Å². The molecular weight excluding hydrogens is 251 g/mol. The van der Waals surface area contributed by atoms with Gasteiger partial charge in [0.2, 0.25) is 0 Å². The molecule has 86 valence electrons. The van der Waals surface area contributed by atoms with Crippen LogP contribution in [0.1, 0.15) is 15.9 Å². The van der Waals surface area contributed by atoms with Gasteiger partial charge in [-0.3, -0.25) is 14.9 Å². The van der Waals surface area contributed by atoms with Crippen molar-refractivity contribution in [2.75, 3.05) is 0 Å². The van der Waals surface area contributed by atoms with Gasteiger partial charge < -0.3 is 0 Å². The Balaban J connectivity index is 3.58. The van der Waals surface area contributed by atoms with Crippen molar-refractivity contribution in [1.82, 2.24) is 0 Å². The highest BCUT2D eigenvalue weighted by Crippen LogP contribution is 2.36. The van der Waals surface area contributed by atoms with E-state index in [1.54, 1.807) is 0 Å². The van der Waals surface area contributed by atoms with Gasteiger partial charge in [-0.1, -0.05) is 6.07 Å². The lowest BCUT2D eigenvalue weighted by Gasteiger charge is -2.09. The average molecular weight is 254 g/mol. The number of hydrogen-bond donors (Lipinski definition) is 0. The number of alkyl halides is 3. The Hall–Kier alpha value is -1.63. The number of carbonyl (C=O) groups is 1. The van der Waals surface area contributed by atoms with Gasteiger partial charge in [-0.05, 0) is 17.7 Å². The second-order valence-electron chi connectivity index (χ2n) is 2.73. The Kier molecular flexibility index (Phi) is 3.18. The Labute approximate surface area is 91.8 Å². The Morgan fingerprint density at radius 1 is 1.38 bits per heavy atom. The van der Waals surface area contributed by atoms with Gasteiger partial charge in [0.1, 0.15) is 5.56 Å². The number of hydrogen-bond acceptors (Lipinski definition) is 3. The van der Waals surface area contributed by atoms with Crippen LogP contribution in [0.5, 0.6) is 0 Å². The van der Waals surface area contributed by atoms with E-state index in [0.717, 1.165) is 12.1 Å². The fourth-order valence-corrected chi connectivity index (χ4v) is 1.33. The lowest BCUT2D eigenvalue weighted by molar-refractivity contribution is -0.385. The first-order valence-electron chi connectivity index (χ1n) is 3.79. The standard InChI is InChI=1S/C8H3ClF3NO3/c9-7(14)6-4(8(10,11)12)2-1-3-5(6)13(15)16/h1-3H. The fourth-order valence-electron chi connectivity index (χ4n) is 1.14. The molecule has 16 heavy (non-hydrogen) atoms. The van der Waals surface area contributed by atoms with E-state index in [2.05, 4.69) is 0 Å². The fraction of sp³-hybridized carbons (Fsp3) is 0.125. The largest absolute Gasteiger partial charge is 0.417 e. The Morgan fingerprint density at radius 2 is 1.94 bits per heavy atom. The number of nitro benzene ring substituents is 1. The zero-order valence-electron chi connectivity index (χ0n) is 7.42. The molecule has 0 atom stereocenters. The third-order valence-corrected chi connectivity index (χ3v) is 1.93. The summed E-state index contributed by atoms with van der Waals surface area (Å²) >= 11 is 4.92. The van der Waals surface area contributed by atoms with Crippen molar-refractivity contribution in [3.8, 4) is 0 Å². The normalized spacial score (nSPS) is 11.2. The first-order valence-corrected chi connectivity index (χ1v) is 4.17. The third-order valence-electron chi connectivity index (χ3n) is 1.74. The third kappa shape index (κ3) is 2.30. The van der Waals surface area contributed by atoms with Gasteiger partial charge >= 0.3 is 6.18 Å². The van der Waals surface area contributed by atoms with E-state index in [9.17, 15) is 28.1 Å². The van der Waals surface area contributed by atoms with Crippen molar-refractivity contribution in [2.24, 2.45) is 0 Å². The van der Waals surface area contributed by atoms with Crippen LogP contribution in [0.4, 0.5) is 18.9 Å². The highest BCUT2D eigenvalue weighted by atomic mass is 35.5. The minimum Gasteiger partial charge on any atom is -0.275 e. The van der Waals surface area contributed by atoms with E-state index in [1.807, 2.05) is 0 Å². The van der Waals surface area contributed by atoms with Gasteiger partial charge in [-0.25, -0.2) is 0 Å². The van der Waals surface area contributed by atoms with Crippen LogP contribution in [-0.4, -0.2) is 10.2 Å². The van der Waals surface area contributed by atoms with Crippen LogP contribution in [0.3, 0.4) is 0 Å². The maximum atomic E-state index is 12.4. The van der Waals surface area contributed by atoms with Crippen LogP contribution in [0.25, 0.3) is 0 Å². The molecule has 0 aliphatic rings. The van der Waals surface area contributed by atoms with E-state index in [-0.39, 0.29) is 0 Å². The molecule has 1 aromatic rings. The average Bonchev–Trinajstić information content (AvgIpc) is 2.14. The zero-order valence-corrected chi connectivity index (χ0v) is 8.17. The van der Waals surface area contributed by atoms with Crippen LogP contribution >= 0.6 is 11.6 Å². The molecule has 1 rings (SSSR count). The predicted molar refractivity (Wildman–Crippen MR) is 48.3 cm³/mol. The number of nitrogens with zero attached hydrogens (tertiary/aromatic N) is 1. The molecule has 8 heteroatoms. The molecule has 4 nitrogen and oxygen atoms in total. The molecule has 0 aliphatic carbocycles. The van der Waals surface area contributed by atoms with E-state index in [4.69, 9.17) is 11.6 Å². The van der Waals surface area contributed by atoms with Crippen molar-refractivity contribution >= 4 is 22.5 Å². The predicted octanol–water partition coefficient (Wildman–Crippen LogP) is 2.99. The highest BCUT2D eigenvalue weighted by molar-refractivity contribution is 6.68. The number of carbonyl (C=O) groups excluding carboxylic acids is 1. The monoisotopic (exact) mass is 253 g/mol. The van der Waals surface area contributed by atoms with Crippen LogP contribution in [0.2, 0.25) is 0 Å². The topological polar surface area (TPSA) is 60.2 Å². The summed E-state index contributed by atoms with van der Waals surface area (Å²) < 4.78 is 37.3. The molecule has 0 fully saturated rings. The van der Waals surface area contributed by atoms with Crippen molar-refractivity contribution in [1.29, 1.82) is 0 Å². The summed E-state index contributed by atoms with van der Waals surface area (Å²) in [6.07, 6.45) is -4.87. The van der Waals surface area contributed by atoms with E-state index >= 15 is 0 Å². The van der Waals surface area contributed by atoms with E-state index < -0.39 is 33.2 Å². The summed E-state index contributed by atoms with van der Waals surface area (Å²) in [6.45, 7) is 0. The van der Waals surface area contributed by atoms with Crippen LogP contribution in [0.15, 0.2) is 18.2 Å². The van der Waals surface area contributed by atoms with Crippen LogP contribution in [-0.2, 0) is 6.18 Å². The minimum absolute atomic E-state index is 0.558. The van der Waals surface area contributed by atoms with E-state index in [1.165, 1.54) is 0 Å². The summed E-state index contributed by atoms with van der Waals surface area (Å²) in [4.78, 5) is 20.1. The molecule has 0 bridgehead atoms. The van der Waals surface area contributed by atoms with Crippen molar-refractivity contribution in [2.45, 2.75) is 6.18 Å². The molecule has 0 N–H and O–H groups in total. The summed E-state index contributed by atoms with van der Waals surface area (Å²) in [7, 11) is 0. The molecular formula is C8H3ClF3NO3. The molecule has 0 amide bonds. The van der Waals surface area contributed by atoms with Crippen molar-refractivity contribution in [3.05, 3.63) is 39.4 Å². The summed E-state index contributed by atoms with van der Waals surface area (Å²) in [5, 5.41) is 8.92. The van der Waals surface area contributed by atoms with Gasteiger partial charge in [0.15, 0.2) is 0 Å². The first-order chi connectivity index (χ1) is 7.25. The van der Waals surface area contributed by atoms with Gasteiger partial charge in [0.25, 0.3) is 10.9 Å². The van der Waals surface area contributed by atoms with Gasteiger partial charge in [0.05, 0.1) is 10.5 Å². The lowest BCUT2D eigenvalue weighted by atomic mass is 10.1. The molecule has 0 radical (unpaired) electrons. The quantitative estimate of drug-likeness (QED) is 0.462. The number of benzene rings is 1. The highest BCUT2D eigenvalue weighted by Gasteiger charge is 2.38. The van der Waals surface area contributed by atoms with Gasteiger partial charge in [-0.2, -0.15) is 13.2 Å². The number of halogens is 4. The molecule has 0 spiro atoms. The Bertz CT molecular complexity index is 458. The lowest BCUT2D eigenvalue weighted by Crippen LogP contribution is -2.12. The SMILES string of the molecule is O=C(Cl)c1c([N+](=O)[O-])cccc1C(F)(F)F. The maximum Gasteiger partial charge on any atom is 0.417 e. The van der Waals surface area contributed by atoms with Crippen LogP contribution < -0.4 is 0 Å². The number of nitro groups is 1. The Morgan fingerprint density at radius 3 is 2.31 bits per heavy atom. The second kappa shape index (κ2) is 4.09. The molecule has 0 saturated carbocycles. The first kappa shape index (κ1) is 12.4. The molecule has 0 aromatic heterocycles. The van der Waals surface area contributed by atoms with Crippen molar-refractivity contribution in [3.63, 3.8) is 0 Å². The second-order valence-corrected chi connectivity index (χ2v) is 3.07. The summed E-state index contributed by atoms with van der Waals surface area (Å²) in [5.41, 5.74) is -3.52. The minimum atomic E-state index is -4.87. The molecule has 0 saturated heterocycles. The molecule has 1 aromatic carbocycles. The smallest absolute Gasteiger partial charge is 0.275 e. The molecule has 0 unspecified atom stereocenters. The molecule has 0 heterocycles. The zero-order chi connectivity index (χ0) is 12.5. The van der Waals surface area contributed by atoms with Crippen LogP contribution in [0, 0.1) is 10.1 Å². The van der Waals surface area contributed by atoms with Gasteiger partial charge in [-0.15, -0.1) is 0 Å². The van der Waals surface area contributed by atoms with Crippen molar-refractivity contribution < 1.29 is 22.9 Å². The number of rotatable bonds is 2. The maximum absolute atomic E-state index is 12.4.